The number of rotatable bonds is 5. The number of benzene rings is 2. The molecule has 9 heteroatoms. The molecule has 0 saturated carbocycles. The molecule has 0 spiro atoms. The SMILES string of the molecule is CCN(S(=O)(=O)c1ccc(Cl)cc1)S(=O)(=O)c1ccc(Cl)cc1. The molecule has 5 nitrogen and oxygen atoms in total. The summed E-state index contributed by atoms with van der Waals surface area (Å²) in [4.78, 5) is -0.303. The molecule has 0 aliphatic rings. The first-order chi connectivity index (χ1) is 10.7. The zero-order chi connectivity index (χ0) is 17.3. The largest absolute Gasteiger partial charge is 0.256 e. The molecule has 2 aromatic rings. The Morgan fingerprint density at radius 3 is 1.30 bits per heavy atom. The third-order valence-corrected chi connectivity index (χ3v) is 8.02. The minimum absolute atomic E-state index is 0.152. The fourth-order valence-corrected chi connectivity index (χ4v) is 5.83. The van der Waals surface area contributed by atoms with E-state index in [1.54, 1.807) is 0 Å². The smallest absolute Gasteiger partial charge is 0.206 e. The molecule has 2 aromatic carbocycles. The lowest BCUT2D eigenvalue weighted by Gasteiger charge is -2.20. The molecule has 0 radical (unpaired) electrons. The van der Waals surface area contributed by atoms with Crippen LogP contribution < -0.4 is 0 Å². The maximum Gasteiger partial charge on any atom is 0.256 e. The van der Waals surface area contributed by atoms with Crippen LogP contribution in [-0.2, 0) is 20.0 Å². The second-order valence-electron chi connectivity index (χ2n) is 4.51. The van der Waals surface area contributed by atoms with Crippen LogP contribution in [0.15, 0.2) is 58.3 Å². The summed E-state index contributed by atoms with van der Waals surface area (Å²) in [5.74, 6) is 0. The highest BCUT2D eigenvalue weighted by Gasteiger charge is 2.35. The highest BCUT2D eigenvalue weighted by Crippen LogP contribution is 2.25. The Morgan fingerprint density at radius 1 is 0.739 bits per heavy atom. The van der Waals surface area contributed by atoms with E-state index in [4.69, 9.17) is 23.2 Å². The standard InChI is InChI=1S/C14H13Cl2NO4S2/c1-2-17(22(18,19)13-7-3-11(15)4-8-13)23(20,21)14-9-5-12(16)6-10-14/h3-10H,2H2,1H3. The van der Waals surface area contributed by atoms with Crippen molar-refractivity contribution < 1.29 is 16.8 Å². The van der Waals surface area contributed by atoms with Crippen LogP contribution in [0.4, 0.5) is 0 Å². The summed E-state index contributed by atoms with van der Waals surface area (Å²) in [7, 11) is -8.46. The normalized spacial score (nSPS) is 12.5. The Hall–Kier alpha value is -1.12. The molecule has 0 unspecified atom stereocenters. The lowest BCUT2D eigenvalue weighted by Crippen LogP contribution is -2.36. The molecule has 0 atom stereocenters. The molecule has 0 heterocycles. The fourth-order valence-electron chi connectivity index (χ4n) is 1.92. The van der Waals surface area contributed by atoms with Gasteiger partial charge in [0.25, 0.3) is 20.0 Å². The molecule has 0 aromatic heterocycles. The van der Waals surface area contributed by atoms with Gasteiger partial charge in [-0.1, -0.05) is 33.8 Å². The van der Waals surface area contributed by atoms with Crippen LogP contribution in [0.3, 0.4) is 0 Å². The summed E-state index contributed by atoms with van der Waals surface area (Å²) < 4.78 is 51.0. The van der Waals surface area contributed by atoms with Gasteiger partial charge in [-0.05, 0) is 48.5 Å². The van der Waals surface area contributed by atoms with E-state index in [1.807, 2.05) is 0 Å². The van der Waals surface area contributed by atoms with Crippen molar-refractivity contribution in [2.24, 2.45) is 0 Å². The highest BCUT2D eigenvalue weighted by atomic mass is 35.5. The van der Waals surface area contributed by atoms with Gasteiger partial charge in [-0.2, -0.15) is 0 Å². The van der Waals surface area contributed by atoms with Crippen LogP contribution >= 0.6 is 23.2 Å². The van der Waals surface area contributed by atoms with E-state index in [-0.39, 0.29) is 16.3 Å². The monoisotopic (exact) mass is 393 g/mol. The van der Waals surface area contributed by atoms with E-state index in [0.29, 0.717) is 13.8 Å². The number of nitrogens with zero attached hydrogens (tertiary/aromatic N) is 1. The molecular weight excluding hydrogens is 381 g/mol. The van der Waals surface area contributed by atoms with Gasteiger partial charge in [-0.25, -0.2) is 16.8 Å². The van der Waals surface area contributed by atoms with Gasteiger partial charge in [-0.3, -0.25) is 0 Å². The topological polar surface area (TPSA) is 71.5 Å². The van der Waals surface area contributed by atoms with E-state index in [9.17, 15) is 16.8 Å². The Kier molecular flexibility index (Phi) is 5.37. The van der Waals surface area contributed by atoms with Crippen LogP contribution in [0.25, 0.3) is 0 Å². The molecular formula is C14H13Cl2NO4S2. The minimum Gasteiger partial charge on any atom is -0.206 e. The van der Waals surface area contributed by atoms with Crippen molar-refractivity contribution in [3.05, 3.63) is 58.6 Å². The van der Waals surface area contributed by atoms with Gasteiger partial charge in [0.15, 0.2) is 0 Å². The maximum absolute atomic E-state index is 12.6. The third-order valence-electron chi connectivity index (χ3n) is 3.02. The quantitative estimate of drug-likeness (QED) is 0.780. The zero-order valence-electron chi connectivity index (χ0n) is 12.0. The van der Waals surface area contributed by atoms with Crippen LogP contribution in [0.1, 0.15) is 6.92 Å². The summed E-state index contributed by atoms with van der Waals surface area (Å²) in [6.45, 7) is 1.21. The first-order valence-electron chi connectivity index (χ1n) is 6.48. The van der Waals surface area contributed by atoms with Crippen molar-refractivity contribution in [2.45, 2.75) is 16.7 Å². The van der Waals surface area contributed by atoms with Gasteiger partial charge < -0.3 is 0 Å². The molecule has 0 aliphatic carbocycles. The Bertz CT molecular complexity index is 817. The molecule has 124 valence electrons. The van der Waals surface area contributed by atoms with Gasteiger partial charge in [-0.15, -0.1) is 0 Å². The first kappa shape index (κ1) is 18.2. The minimum atomic E-state index is -4.23. The molecule has 2 rings (SSSR count). The van der Waals surface area contributed by atoms with E-state index in [0.717, 1.165) is 0 Å². The van der Waals surface area contributed by atoms with Crippen molar-refractivity contribution in [3.8, 4) is 0 Å². The first-order valence-corrected chi connectivity index (χ1v) is 10.1. The number of halogens is 2. The summed E-state index contributed by atoms with van der Waals surface area (Å²) in [6.07, 6.45) is 0. The van der Waals surface area contributed by atoms with Gasteiger partial charge in [0.05, 0.1) is 9.79 Å². The van der Waals surface area contributed by atoms with Crippen LogP contribution in [-0.4, -0.2) is 27.1 Å². The van der Waals surface area contributed by atoms with Crippen LogP contribution in [0, 0.1) is 0 Å². The van der Waals surface area contributed by atoms with Gasteiger partial charge in [0, 0.05) is 16.6 Å². The number of hydrogen-bond donors (Lipinski definition) is 0. The van der Waals surface area contributed by atoms with Crippen molar-refractivity contribution >= 4 is 43.2 Å². The van der Waals surface area contributed by atoms with E-state index >= 15 is 0 Å². The predicted octanol–water partition coefficient (Wildman–Crippen LogP) is 3.39. The summed E-state index contributed by atoms with van der Waals surface area (Å²) in [6, 6.07) is 10.6. The zero-order valence-corrected chi connectivity index (χ0v) is 15.1. The number of sulfonamides is 2. The molecule has 0 fully saturated rings. The average Bonchev–Trinajstić information content (AvgIpc) is 2.48. The fraction of sp³-hybridized carbons (Fsp3) is 0.143. The summed E-state index contributed by atoms with van der Waals surface area (Å²) in [5.41, 5.74) is 0. The van der Waals surface area contributed by atoms with Gasteiger partial charge in [0.1, 0.15) is 0 Å². The van der Waals surface area contributed by atoms with Crippen molar-refractivity contribution in [1.82, 2.24) is 3.71 Å². The molecule has 0 aliphatic heterocycles. The van der Waals surface area contributed by atoms with Crippen LogP contribution in [0.2, 0.25) is 10.0 Å². The van der Waals surface area contributed by atoms with Crippen LogP contribution in [0.5, 0.6) is 0 Å². The van der Waals surface area contributed by atoms with Crippen molar-refractivity contribution in [2.75, 3.05) is 6.54 Å². The van der Waals surface area contributed by atoms with Crippen molar-refractivity contribution in [1.29, 1.82) is 0 Å². The Balaban J connectivity index is 2.53. The second kappa shape index (κ2) is 6.78. The van der Waals surface area contributed by atoms with E-state index in [1.165, 1.54) is 55.5 Å². The summed E-state index contributed by atoms with van der Waals surface area (Å²) in [5, 5.41) is 0.708. The lowest BCUT2D eigenvalue weighted by atomic mass is 10.4. The summed E-state index contributed by atoms with van der Waals surface area (Å²) >= 11 is 11.5. The van der Waals surface area contributed by atoms with E-state index in [2.05, 4.69) is 0 Å². The third kappa shape index (κ3) is 3.70. The van der Waals surface area contributed by atoms with Crippen molar-refractivity contribution in [3.63, 3.8) is 0 Å². The number of hydrogen-bond acceptors (Lipinski definition) is 4. The Labute approximate surface area is 145 Å². The predicted molar refractivity (Wildman–Crippen MR) is 89.7 cm³/mol. The average molecular weight is 394 g/mol. The molecule has 0 N–H and O–H groups in total. The molecule has 23 heavy (non-hydrogen) atoms. The molecule has 0 saturated heterocycles. The van der Waals surface area contributed by atoms with E-state index < -0.39 is 20.0 Å². The second-order valence-corrected chi connectivity index (χ2v) is 9.34. The van der Waals surface area contributed by atoms with Gasteiger partial charge in [0.2, 0.25) is 0 Å². The lowest BCUT2D eigenvalue weighted by molar-refractivity contribution is 0.506. The maximum atomic E-state index is 12.6. The molecule has 0 bridgehead atoms. The molecule has 0 amide bonds. The van der Waals surface area contributed by atoms with Gasteiger partial charge >= 0.3 is 0 Å². The highest BCUT2D eigenvalue weighted by molar-refractivity contribution is 8.04. The Morgan fingerprint density at radius 2 is 1.04 bits per heavy atom.